The van der Waals surface area contributed by atoms with Gasteiger partial charge in [-0.1, -0.05) is 32.9 Å². The maximum absolute atomic E-state index is 10.9. The molecule has 0 aliphatic carbocycles. The molecule has 0 radical (unpaired) electrons. The lowest BCUT2D eigenvalue weighted by Gasteiger charge is -2.23. The molecule has 0 fully saturated rings. The fraction of sp³-hybridized carbons (Fsp3) is 0.353. The molecule has 0 spiro atoms. The number of nitrogens with zero attached hydrogens (tertiary/aromatic N) is 1. The minimum absolute atomic E-state index is 0.0350. The Labute approximate surface area is 119 Å². The monoisotopic (exact) mass is 271 g/mol. The average Bonchev–Trinajstić information content (AvgIpc) is 2.78. The van der Waals surface area contributed by atoms with Crippen LogP contribution >= 0.6 is 0 Å². The first-order chi connectivity index (χ1) is 9.38. The first-order valence-electron chi connectivity index (χ1n) is 6.74. The average molecular weight is 271 g/mol. The minimum Gasteiger partial charge on any atom is -0.392 e. The fourth-order valence-corrected chi connectivity index (χ4v) is 2.51. The Balaban J connectivity index is 2.59. The second-order valence-corrected chi connectivity index (χ2v) is 6.10. The summed E-state index contributed by atoms with van der Waals surface area (Å²) >= 11 is 0. The van der Waals surface area contributed by atoms with Crippen LogP contribution in [0, 0.1) is 0 Å². The van der Waals surface area contributed by atoms with E-state index in [0.29, 0.717) is 5.69 Å². The molecule has 0 bridgehead atoms. The Morgan fingerprint density at radius 3 is 2.40 bits per heavy atom. The third-order valence-corrected chi connectivity index (χ3v) is 3.67. The van der Waals surface area contributed by atoms with Crippen LogP contribution in [0.25, 0.3) is 11.3 Å². The maximum atomic E-state index is 10.9. The number of aromatic nitrogens is 1. The summed E-state index contributed by atoms with van der Waals surface area (Å²) in [5.74, 6) is 0. The Hall–Kier alpha value is -1.87. The summed E-state index contributed by atoms with van der Waals surface area (Å²) in [5.41, 5.74) is 4.76. The second kappa shape index (κ2) is 5.25. The van der Waals surface area contributed by atoms with Gasteiger partial charge in [0, 0.05) is 12.7 Å². The van der Waals surface area contributed by atoms with Gasteiger partial charge in [0.05, 0.1) is 12.3 Å². The molecule has 0 aliphatic rings. The third-order valence-electron chi connectivity index (χ3n) is 3.67. The number of benzene rings is 1. The zero-order valence-corrected chi connectivity index (χ0v) is 12.5. The summed E-state index contributed by atoms with van der Waals surface area (Å²) in [4.78, 5) is 10.9. The molecule has 20 heavy (non-hydrogen) atoms. The normalized spacial score (nSPS) is 11.7. The van der Waals surface area contributed by atoms with Crippen LogP contribution in [0.4, 0.5) is 0 Å². The molecule has 0 atom stereocenters. The largest absolute Gasteiger partial charge is 0.392 e. The van der Waals surface area contributed by atoms with Gasteiger partial charge >= 0.3 is 0 Å². The van der Waals surface area contributed by atoms with Crippen molar-refractivity contribution in [2.45, 2.75) is 32.8 Å². The van der Waals surface area contributed by atoms with E-state index >= 15 is 0 Å². The SMILES string of the molecule is Cn1c(C=O)ccc1-c1ccc(CO)c(C(C)(C)C)c1. The van der Waals surface area contributed by atoms with Crippen molar-refractivity contribution in [2.24, 2.45) is 7.05 Å². The van der Waals surface area contributed by atoms with Crippen LogP contribution in [-0.4, -0.2) is 16.0 Å². The zero-order valence-electron chi connectivity index (χ0n) is 12.5. The van der Waals surface area contributed by atoms with Gasteiger partial charge in [-0.25, -0.2) is 0 Å². The van der Waals surface area contributed by atoms with Gasteiger partial charge in [0.1, 0.15) is 0 Å². The quantitative estimate of drug-likeness (QED) is 0.870. The number of carbonyl (C=O) groups excluding carboxylic acids is 1. The van der Waals surface area contributed by atoms with Crippen molar-refractivity contribution in [3.63, 3.8) is 0 Å². The highest BCUT2D eigenvalue weighted by Gasteiger charge is 2.19. The molecule has 1 N–H and O–H groups in total. The van der Waals surface area contributed by atoms with E-state index in [2.05, 4.69) is 26.8 Å². The lowest BCUT2D eigenvalue weighted by Crippen LogP contribution is -2.14. The highest BCUT2D eigenvalue weighted by molar-refractivity contribution is 5.76. The topological polar surface area (TPSA) is 42.2 Å². The summed E-state index contributed by atoms with van der Waals surface area (Å²) in [6, 6.07) is 9.83. The molecule has 2 rings (SSSR count). The summed E-state index contributed by atoms with van der Waals surface area (Å²) in [5, 5.41) is 9.49. The number of aldehydes is 1. The van der Waals surface area contributed by atoms with Crippen molar-refractivity contribution >= 4 is 6.29 Å². The Kier molecular flexibility index (Phi) is 3.82. The second-order valence-electron chi connectivity index (χ2n) is 6.10. The van der Waals surface area contributed by atoms with E-state index in [1.54, 1.807) is 0 Å². The third kappa shape index (κ3) is 2.54. The van der Waals surface area contributed by atoms with Crippen molar-refractivity contribution in [3.8, 4) is 11.3 Å². The van der Waals surface area contributed by atoms with E-state index in [1.807, 2.05) is 35.9 Å². The molecule has 3 nitrogen and oxygen atoms in total. The molecule has 2 aromatic rings. The van der Waals surface area contributed by atoms with E-state index in [9.17, 15) is 9.90 Å². The lowest BCUT2D eigenvalue weighted by atomic mass is 9.82. The molecule has 1 heterocycles. The van der Waals surface area contributed by atoms with Gasteiger partial charge in [0.15, 0.2) is 6.29 Å². The molecule has 1 aromatic carbocycles. The van der Waals surface area contributed by atoms with Crippen molar-refractivity contribution in [1.82, 2.24) is 4.57 Å². The zero-order chi connectivity index (χ0) is 14.9. The number of aliphatic hydroxyl groups excluding tert-OH is 1. The van der Waals surface area contributed by atoms with E-state index in [1.165, 1.54) is 0 Å². The van der Waals surface area contributed by atoms with Gasteiger partial charge in [0.25, 0.3) is 0 Å². The molecule has 0 saturated heterocycles. The Morgan fingerprint density at radius 2 is 1.90 bits per heavy atom. The fourth-order valence-electron chi connectivity index (χ4n) is 2.51. The molecule has 106 valence electrons. The molecule has 0 unspecified atom stereocenters. The number of hydrogen-bond acceptors (Lipinski definition) is 2. The van der Waals surface area contributed by atoms with E-state index in [-0.39, 0.29) is 12.0 Å². The molecule has 0 amide bonds. The molecule has 0 saturated carbocycles. The predicted octanol–water partition coefficient (Wildman–Crippen LogP) is 3.29. The van der Waals surface area contributed by atoms with Crippen molar-refractivity contribution in [3.05, 3.63) is 47.2 Å². The first kappa shape index (κ1) is 14.5. The van der Waals surface area contributed by atoms with E-state index in [0.717, 1.165) is 28.7 Å². The number of carbonyl (C=O) groups is 1. The lowest BCUT2D eigenvalue weighted by molar-refractivity contribution is 0.111. The van der Waals surface area contributed by atoms with Gasteiger partial charge in [-0.15, -0.1) is 0 Å². The van der Waals surface area contributed by atoms with Crippen molar-refractivity contribution in [1.29, 1.82) is 0 Å². The minimum atomic E-state index is -0.0350. The maximum Gasteiger partial charge on any atom is 0.166 e. The van der Waals surface area contributed by atoms with Crippen LogP contribution < -0.4 is 0 Å². The number of rotatable bonds is 3. The van der Waals surface area contributed by atoms with Gasteiger partial charge in [0.2, 0.25) is 0 Å². The van der Waals surface area contributed by atoms with Crippen molar-refractivity contribution in [2.75, 3.05) is 0 Å². The van der Waals surface area contributed by atoms with Crippen LogP contribution in [0.2, 0.25) is 0 Å². The highest BCUT2D eigenvalue weighted by atomic mass is 16.3. The Morgan fingerprint density at radius 1 is 1.20 bits per heavy atom. The van der Waals surface area contributed by atoms with Crippen LogP contribution in [0.5, 0.6) is 0 Å². The van der Waals surface area contributed by atoms with Crippen LogP contribution in [0.15, 0.2) is 30.3 Å². The van der Waals surface area contributed by atoms with Gasteiger partial charge in [-0.2, -0.15) is 0 Å². The first-order valence-corrected chi connectivity index (χ1v) is 6.74. The van der Waals surface area contributed by atoms with Gasteiger partial charge in [-0.05, 0) is 40.3 Å². The van der Waals surface area contributed by atoms with Crippen LogP contribution in [0.3, 0.4) is 0 Å². The molecule has 0 aliphatic heterocycles. The predicted molar refractivity (Wildman–Crippen MR) is 80.9 cm³/mol. The van der Waals surface area contributed by atoms with Gasteiger partial charge in [-0.3, -0.25) is 4.79 Å². The summed E-state index contributed by atoms with van der Waals surface area (Å²) in [6.45, 7) is 6.44. The highest BCUT2D eigenvalue weighted by Crippen LogP contribution is 2.31. The molecule has 1 aromatic heterocycles. The van der Waals surface area contributed by atoms with Gasteiger partial charge < -0.3 is 9.67 Å². The van der Waals surface area contributed by atoms with Crippen LogP contribution in [-0.2, 0) is 19.1 Å². The van der Waals surface area contributed by atoms with E-state index in [4.69, 9.17) is 0 Å². The summed E-state index contributed by atoms with van der Waals surface area (Å²) < 4.78 is 1.88. The smallest absolute Gasteiger partial charge is 0.166 e. The molecular weight excluding hydrogens is 250 g/mol. The summed E-state index contributed by atoms with van der Waals surface area (Å²) in [6.07, 6.45) is 0.857. The number of aliphatic hydroxyl groups is 1. The Bertz CT molecular complexity index is 633. The summed E-state index contributed by atoms with van der Waals surface area (Å²) in [7, 11) is 1.88. The van der Waals surface area contributed by atoms with Crippen LogP contribution in [0.1, 0.15) is 42.4 Å². The number of hydrogen-bond donors (Lipinski definition) is 1. The molecule has 3 heteroatoms. The van der Waals surface area contributed by atoms with Crippen molar-refractivity contribution < 1.29 is 9.90 Å². The molecular formula is C17H21NO2. The standard InChI is InChI=1S/C17H21NO2/c1-17(2,3)15-9-12(5-6-13(15)10-19)16-8-7-14(11-20)18(16)4/h5-9,11,19H,10H2,1-4H3. The van der Waals surface area contributed by atoms with E-state index < -0.39 is 0 Å².